The molecule has 0 radical (unpaired) electrons. The number of amidine groups is 1. The van der Waals surface area contributed by atoms with Gasteiger partial charge in [0.1, 0.15) is 7.05 Å². The van der Waals surface area contributed by atoms with Gasteiger partial charge in [-0.2, -0.15) is 0 Å². The number of aryl methyl sites for hydroxylation is 1. The molecule has 0 spiro atoms. The van der Waals surface area contributed by atoms with E-state index in [4.69, 9.17) is 0 Å². The van der Waals surface area contributed by atoms with Crippen LogP contribution in [0.15, 0.2) is 29.6 Å². The van der Waals surface area contributed by atoms with Gasteiger partial charge in [-0.1, -0.05) is 0 Å². The lowest BCUT2D eigenvalue weighted by Gasteiger charge is -2.29. The van der Waals surface area contributed by atoms with Crippen LogP contribution in [0.2, 0.25) is 0 Å². The third-order valence-corrected chi connectivity index (χ3v) is 2.34. The zero-order valence-electron chi connectivity index (χ0n) is 9.51. The quantitative estimate of drug-likeness (QED) is 0.659. The fraction of sp³-hybridized carbons (Fsp3) is 0.300. The monoisotopic (exact) mass is 220 g/mol. The molecule has 0 aliphatic carbocycles. The fourth-order valence-corrected chi connectivity index (χ4v) is 1.42. The summed E-state index contributed by atoms with van der Waals surface area (Å²) < 4.78 is 1.94. The van der Waals surface area contributed by atoms with E-state index in [2.05, 4.69) is 10.5 Å². The van der Waals surface area contributed by atoms with Gasteiger partial charge in [0.25, 0.3) is 0 Å². The van der Waals surface area contributed by atoms with Gasteiger partial charge in [-0.3, -0.25) is 5.43 Å². The van der Waals surface area contributed by atoms with Gasteiger partial charge in [-0.15, -0.1) is 5.10 Å². The van der Waals surface area contributed by atoms with Crippen LogP contribution in [0, 0.1) is 0 Å². The molecule has 6 heteroatoms. The first-order valence-electron chi connectivity index (χ1n) is 4.90. The zero-order valence-corrected chi connectivity index (χ0v) is 9.51. The summed E-state index contributed by atoms with van der Waals surface area (Å²) in [6, 6.07) is 3.68. The number of nitrogens with one attached hydrogen (secondary N) is 1. The second kappa shape index (κ2) is 3.80. The molecule has 1 N–H and O–H groups in total. The molecule has 0 unspecified atom stereocenters. The Kier molecular flexibility index (Phi) is 2.47. The lowest BCUT2D eigenvalue weighted by molar-refractivity contribution is -0.671. The van der Waals surface area contributed by atoms with Crippen molar-refractivity contribution in [3.05, 3.63) is 30.1 Å². The Balaban J connectivity index is 2.31. The zero-order chi connectivity index (χ0) is 11.7. The van der Waals surface area contributed by atoms with Crippen molar-refractivity contribution in [1.82, 2.24) is 15.4 Å². The SMILES string of the molecule is CN1N=C(c2cc[n+](C)cc2)NN(C)C1=O. The van der Waals surface area contributed by atoms with E-state index in [9.17, 15) is 4.79 Å². The van der Waals surface area contributed by atoms with E-state index in [1.54, 1.807) is 14.1 Å². The van der Waals surface area contributed by atoms with Gasteiger partial charge in [0.2, 0.25) is 0 Å². The number of hydrogen-bond donors (Lipinski definition) is 1. The lowest BCUT2D eigenvalue weighted by Crippen LogP contribution is -2.52. The smallest absolute Gasteiger partial charge is 0.276 e. The minimum absolute atomic E-state index is 0.190. The van der Waals surface area contributed by atoms with Crippen LogP contribution in [0.4, 0.5) is 4.79 Å². The van der Waals surface area contributed by atoms with Gasteiger partial charge in [-0.05, 0) is 0 Å². The maximum absolute atomic E-state index is 11.4. The van der Waals surface area contributed by atoms with Crippen molar-refractivity contribution in [1.29, 1.82) is 0 Å². The first kappa shape index (κ1) is 10.4. The number of urea groups is 1. The van der Waals surface area contributed by atoms with Crippen LogP contribution in [0.25, 0.3) is 0 Å². The molecule has 2 amide bonds. The van der Waals surface area contributed by atoms with Crippen LogP contribution in [-0.2, 0) is 7.05 Å². The summed E-state index contributed by atoms with van der Waals surface area (Å²) in [6.07, 6.45) is 3.85. The van der Waals surface area contributed by atoms with Crippen molar-refractivity contribution in [2.24, 2.45) is 12.1 Å². The Bertz CT molecular complexity index is 439. The van der Waals surface area contributed by atoms with Crippen LogP contribution in [0.1, 0.15) is 5.56 Å². The van der Waals surface area contributed by atoms with Crippen molar-refractivity contribution in [2.75, 3.05) is 14.1 Å². The second-order valence-corrected chi connectivity index (χ2v) is 3.68. The number of rotatable bonds is 1. The summed E-state index contributed by atoms with van der Waals surface area (Å²) in [7, 11) is 5.24. The highest BCUT2D eigenvalue weighted by Gasteiger charge is 2.22. The molecule has 2 rings (SSSR count). The van der Waals surface area contributed by atoms with Gasteiger partial charge in [0.05, 0.1) is 0 Å². The predicted octanol–water partition coefficient (Wildman–Crippen LogP) is -0.325. The molecule has 1 aliphatic heterocycles. The molecule has 0 atom stereocenters. The molecule has 0 bridgehead atoms. The summed E-state index contributed by atoms with van der Waals surface area (Å²) in [5, 5.41) is 6.85. The number of hydrogen-bond acceptors (Lipinski definition) is 3. The average Bonchev–Trinajstić information content (AvgIpc) is 2.26. The van der Waals surface area contributed by atoms with Crippen LogP contribution in [-0.4, -0.2) is 36.0 Å². The van der Waals surface area contributed by atoms with E-state index in [1.807, 2.05) is 36.1 Å². The van der Waals surface area contributed by atoms with Gasteiger partial charge in [0, 0.05) is 31.8 Å². The number of carbonyl (C=O) groups excluding carboxylic acids is 1. The predicted molar refractivity (Wildman–Crippen MR) is 58.2 cm³/mol. The molecular formula is C10H14N5O+. The van der Waals surface area contributed by atoms with Crippen molar-refractivity contribution in [3.63, 3.8) is 0 Å². The van der Waals surface area contributed by atoms with E-state index in [0.717, 1.165) is 5.56 Å². The number of amides is 2. The molecule has 6 nitrogen and oxygen atoms in total. The van der Waals surface area contributed by atoms with E-state index >= 15 is 0 Å². The molecule has 1 aromatic heterocycles. The first-order chi connectivity index (χ1) is 7.58. The molecule has 1 aromatic rings. The normalized spacial score (nSPS) is 15.9. The summed E-state index contributed by atoms with van der Waals surface area (Å²) in [5.41, 5.74) is 3.85. The van der Waals surface area contributed by atoms with Crippen molar-refractivity contribution >= 4 is 11.9 Å². The fourth-order valence-electron chi connectivity index (χ4n) is 1.42. The van der Waals surface area contributed by atoms with E-state index < -0.39 is 0 Å². The second-order valence-electron chi connectivity index (χ2n) is 3.68. The highest BCUT2D eigenvalue weighted by molar-refractivity contribution is 6.01. The molecule has 2 heterocycles. The molecule has 84 valence electrons. The highest BCUT2D eigenvalue weighted by atomic mass is 16.2. The molecule has 1 aliphatic rings. The summed E-state index contributed by atoms with van der Waals surface area (Å²) in [4.78, 5) is 11.4. The van der Waals surface area contributed by atoms with Crippen LogP contribution >= 0.6 is 0 Å². The third kappa shape index (κ3) is 1.81. The Labute approximate surface area is 93.7 Å². The van der Waals surface area contributed by atoms with Crippen molar-refractivity contribution < 1.29 is 9.36 Å². The molecule has 0 fully saturated rings. The number of nitrogens with zero attached hydrogens (tertiary/aromatic N) is 4. The van der Waals surface area contributed by atoms with E-state index in [0.29, 0.717) is 5.84 Å². The van der Waals surface area contributed by atoms with Gasteiger partial charge in [0.15, 0.2) is 18.2 Å². The minimum Gasteiger partial charge on any atom is -0.276 e. The summed E-state index contributed by atoms with van der Waals surface area (Å²) in [5.74, 6) is 0.658. The van der Waals surface area contributed by atoms with Gasteiger partial charge in [-0.25, -0.2) is 19.4 Å². The standard InChI is InChI=1S/C10H14N5O/c1-13-6-4-8(5-7-13)9-11-14(2)10(16)15(3)12-9/h4-7H,1-3H3,(H,11,12)/q+1. The van der Waals surface area contributed by atoms with Crippen LogP contribution < -0.4 is 9.99 Å². The van der Waals surface area contributed by atoms with Gasteiger partial charge >= 0.3 is 6.03 Å². The number of carbonyl (C=O) groups is 1. The van der Waals surface area contributed by atoms with E-state index in [-0.39, 0.29) is 6.03 Å². The maximum atomic E-state index is 11.4. The topological polar surface area (TPSA) is 51.8 Å². The molecule has 0 aromatic carbocycles. The van der Waals surface area contributed by atoms with Gasteiger partial charge < -0.3 is 0 Å². The molecule has 16 heavy (non-hydrogen) atoms. The number of aromatic nitrogens is 1. The molecule has 0 saturated carbocycles. The Morgan fingerprint density at radius 2 is 1.94 bits per heavy atom. The number of pyridine rings is 1. The third-order valence-electron chi connectivity index (χ3n) is 2.34. The van der Waals surface area contributed by atoms with E-state index in [1.165, 1.54) is 10.0 Å². The largest absolute Gasteiger partial charge is 0.358 e. The molecular weight excluding hydrogens is 206 g/mol. The minimum atomic E-state index is -0.190. The van der Waals surface area contributed by atoms with Crippen LogP contribution in [0.5, 0.6) is 0 Å². The van der Waals surface area contributed by atoms with Crippen molar-refractivity contribution in [3.8, 4) is 0 Å². The summed E-state index contributed by atoms with van der Waals surface area (Å²) >= 11 is 0. The highest BCUT2D eigenvalue weighted by Crippen LogP contribution is 2.05. The Hall–Kier alpha value is -2.11. The molecule has 0 saturated heterocycles. The van der Waals surface area contributed by atoms with Crippen molar-refractivity contribution in [2.45, 2.75) is 0 Å². The lowest BCUT2D eigenvalue weighted by atomic mass is 10.2. The maximum Gasteiger partial charge on any atom is 0.358 e. The number of hydrazone groups is 1. The first-order valence-corrected chi connectivity index (χ1v) is 4.90. The Morgan fingerprint density at radius 1 is 1.31 bits per heavy atom. The number of hydrazine groups is 1. The average molecular weight is 220 g/mol. The summed E-state index contributed by atoms with van der Waals surface area (Å²) in [6.45, 7) is 0. The van der Waals surface area contributed by atoms with Crippen LogP contribution in [0.3, 0.4) is 0 Å². The Morgan fingerprint density at radius 3 is 2.50 bits per heavy atom.